The first-order valence-corrected chi connectivity index (χ1v) is 9.28. The Labute approximate surface area is 154 Å². The van der Waals surface area contributed by atoms with Gasteiger partial charge in [-0.3, -0.25) is 4.79 Å². The molecule has 3 rings (SSSR count). The van der Waals surface area contributed by atoms with Gasteiger partial charge in [0.2, 0.25) is 5.88 Å². The maximum Gasteiger partial charge on any atom is 0.278 e. The van der Waals surface area contributed by atoms with Crippen LogP contribution >= 0.6 is 0 Å². The number of aromatic nitrogens is 2. The van der Waals surface area contributed by atoms with Crippen molar-refractivity contribution < 1.29 is 14.2 Å². The summed E-state index contributed by atoms with van der Waals surface area (Å²) in [5, 5.41) is 0. The molecule has 0 fully saturated rings. The van der Waals surface area contributed by atoms with Crippen LogP contribution in [0.25, 0.3) is 11.1 Å². The zero-order chi connectivity index (χ0) is 18.7. The topological polar surface area (TPSA) is 54.6 Å². The van der Waals surface area contributed by atoms with Gasteiger partial charge in [-0.25, -0.2) is 9.36 Å². The average Bonchev–Trinajstić information content (AvgIpc) is 2.81. The summed E-state index contributed by atoms with van der Waals surface area (Å²) >= 11 is 0. The van der Waals surface area contributed by atoms with Gasteiger partial charge >= 0.3 is 0 Å². The molecule has 1 aromatic carbocycles. The lowest BCUT2D eigenvalue weighted by Gasteiger charge is -2.16. The van der Waals surface area contributed by atoms with Gasteiger partial charge < -0.3 is 14.2 Å². The molecule has 2 heterocycles. The molecule has 6 nitrogen and oxygen atoms in total. The fraction of sp³-hybridized carbons (Fsp3) is 0.550. The average molecular weight is 360 g/mol. The largest absolute Gasteiger partial charge is 0.450 e. The molecule has 0 atom stereocenters. The Morgan fingerprint density at radius 2 is 1.65 bits per heavy atom. The highest BCUT2D eigenvalue weighted by Gasteiger charge is 2.27. The summed E-state index contributed by atoms with van der Waals surface area (Å²) in [6.45, 7) is 8.66. The first-order valence-electron chi connectivity index (χ1n) is 9.28. The molecule has 0 N–H and O–H groups in total. The van der Waals surface area contributed by atoms with E-state index in [0.717, 1.165) is 18.4 Å². The number of ether oxygens (including phenoxy) is 3. The highest BCUT2D eigenvalue weighted by atomic mass is 16.7. The number of hydrogen-bond acceptors (Lipinski definition) is 4. The first kappa shape index (κ1) is 18.7. The minimum atomic E-state index is -0.0187. The molecule has 0 saturated carbocycles. The highest BCUT2D eigenvalue weighted by Crippen LogP contribution is 2.35. The highest BCUT2D eigenvalue weighted by molar-refractivity contribution is 5.75. The standard InChI is InChI=1S/C20H28N2O4/c1-5-15-11-14(3)12-16(6-2)17(15)18-19(23)21-7-9-25-10-8-22(21)20(18)26-13-24-4/h11-12H,5-10,13H2,1-4H3. The van der Waals surface area contributed by atoms with Gasteiger partial charge in [-0.05, 0) is 36.5 Å². The van der Waals surface area contributed by atoms with E-state index in [1.54, 1.807) is 11.8 Å². The zero-order valence-electron chi connectivity index (χ0n) is 16.1. The lowest BCUT2D eigenvalue weighted by molar-refractivity contribution is 0.0430. The summed E-state index contributed by atoms with van der Waals surface area (Å²) in [6, 6.07) is 4.34. The van der Waals surface area contributed by atoms with Crippen molar-refractivity contribution in [3.05, 3.63) is 39.2 Å². The first-order chi connectivity index (χ1) is 12.6. The van der Waals surface area contributed by atoms with E-state index < -0.39 is 0 Å². The lowest BCUT2D eigenvalue weighted by atomic mass is 9.91. The van der Waals surface area contributed by atoms with Crippen molar-refractivity contribution >= 4 is 0 Å². The van der Waals surface area contributed by atoms with Crippen molar-refractivity contribution in [2.45, 2.75) is 46.7 Å². The number of fused-ring (bicyclic) bond motifs is 1. The number of aryl methyl sites for hydroxylation is 3. The van der Waals surface area contributed by atoms with E-state index in [-0.39, 0.29) is 12.4 Å². The van der Waals surface area contributed by atoms with E-state index in [4.69, 9.17) is 14.2 Å². The summed E-state index contributed by atoms with van der Waals surface area (Å²) in [5.74, 6) is 0.579. The molecular formula is C20H28N2O4. The van der Waals surface area contributed by atoms with Gasteiger partial charge in [0, 0.05) is 7.11 Å². The smallest absolute Gasteiger partial charge is 0.278 e. The van der Waals surface area contributed by atoms with Crippen LogP contribution in [-0.4, -0.2) is 36.5 Å². The molecule has 0 bridgehead atoms. The number of methoxy groups -OCH3 is 1. The molecule has 1 aromatic heterocycles. The molecule has 0 saturated heterocycles. The van der Waals surface area contributed by atoms with Crippen molar-refractivity contribution in [3.8, 4) is 17.0 Å². The third kappa shape index (κ3) is 3.31. The van der Waals surface area contributed by atoms with Crippen molar-refractivity contribution in [2.75, 3.05) is 27.1 Å². The van der Waals surface area contributed by atoms with Crippen LogP contribution in [0.15, 0.2) is 16.9 Å². The van der Waals surface area contributed by atoms with Crippen molar-refractivity contribution in [1.82, 2.24) is 9.36 Å². The molecule has 0 amide bonds. The summed E-state index contributed by atoms with van der Waals surface area (Å²) in [7, 11) is 1.58. The Balaban J connectivity index is 2.30. The minimum absolute atomic E-state index is 0.0187. The monoisotopic (exact) mass is 360 g/mol. The predicted molar refractivity (Wildman–Crippen MR) is 101 cm³/mol. The van der Waals surface area contributed by atoms with E-state index >= 15 is 0 Å². The van der Waals surface area contributed by atoms with Crippen LogP contribution < -0.4 is 10.3 Å². The van der Waals surface area contributed by atoms with Crippen LogP contribution in [0.4, 0.5) is 0 Å². The van der Waals surface area contributed by atoms with E-state index in [1.807, 2.05) is 4.68 Å². The van der Waals surface area contributed by atoms with Crippen molar-refractivity contribution in [2.24, 2.45) is 0 Å². The third-order valence-electron chi connectivity index (χ3n) is 4.85. The summed E-state index contributed by atoms with van der Waals surface area (Å²) in [6.07, 6.45) is 1.73. The molecule has 0 unspecified atom stereocenters. The van der Waals surface area contributed by atoms with Gasteiger partial charge in [0.05, 0.1) is 26.3 Å². The fourth-order valence-corrected chi connectivity index (χ4v) is 3.71. The van der Waals surface area contributed by atoms with Gasteiger partial charge in [0.25, 0.3) is 5.56 Å². The van der Waals surface area contributed by atoms with Crippen LogP contribution in [0.1, 0.15) is 30.5 Å². The summed E-state index contributed by atoms with van der Waals surface area (Å²) in [4.78, 5) is 13.3. The summed E-state index contributed by atoms with van der Waals surface area (Å²) in [5.41, 5.74) is 5.23. The Hall–Kier alpha value is -2.05. The predicted octanol–water partition coefficient (Wildman–Crippen LogP) is 2.76. The molecule has 6 heteroatoms. The van der Waals surface area contributed by atoms with E-state index in [0.29, 0.717) is 37.7 Å². The van der Waals surface area contributed by atoms with Gasteiger partial charge in [-0.2, -0.15) is 0 Å². The number of nitrogens with zero attached hydrogens (tertiary/aromatic N) is 2. The minimum Gasteiger partial charge on any atom is -0.450 e. The fourth-order valence-electron chi connectivity index (χ4n) is 3.71. The third-order valence-corrected chi connectivity index (χ3v) is 4.85. The number of rotatable bonds is 6. The SMILES string of the molecule is CCc1cc(C)cc(CC)c1-c1c(OCOC)n2n(c1=O)CCOCC2. The van der Waals surface area contributed by atoms with Crippen LogP contribution in [0.5, 0.6) is 5.88 Å². The van der Waals surface area contributed by atoms with Gasteiger partial charge in [-0.1, -0.05) is 31.5 Å². The van der Waals surface area contributed by atoms with Crippen LogP contribution in [0.3, 0.4) is 0 Å². The van der Waals surface area contributed by atoms with Crippen molar-refractivity contribution in [1.29, 1.82) is 0 Å². The molecule has 0 aliphatic carbocycles. The molecule has 142 valence electrons. The van der Waals surface area contributed by atoms with Crippen molar-refractivity contribution in [3.63, 3.8) is 0 Å². The maximum absolute atomic E-state index is 13.3. The van der Waals surface area contributed by atoms with Crippen LogP contribution in [-0.2, 0) is 35.4 Å². The Morgan fingerprint density at radius 3 is 2.23 bits per heavy atom. The number of benzene rings is 1. The van der Waals surface area contributed by atoms with Gasteiger partial charge in [0.15, 0.2) is 6.79 Å². The summed E-state index contributed by atoms with van der Waals surface area (Å²) < 4.78 is 20.2. The Bertz CT molecular complexity index is 810. The molecule has 0 spiro atoms. The lowest BCUT2D eigenvalue weighted by Crippen LogP contribution is -2.24. The second-order valence-corrected chi connectivity index (χ2v) is 6.56. The van der Waals surface area contributed by atoms with Gasteiger partial charge in [-0.15, -0.1) is 0 Å². The molecule has 2 aromatic rings. The molecule has 26 heavy (non-hydrogen) atoms. The van der Waals surface area contributed by atoms with E-state index in [9.17, 15) is 4.79 Å². The molecule has 1 aliphatic rings. The Morgan fingerprint density at radius 1 is 1.04 bits per heavy atom. The Kier molecular flexibility index (Phi) is 5.84. The second kappa shape index (κ2) is 8.10. The molecular weight excluding hydrogens is 332 g/mol. The van der Waals surface area contributed by atoms with E-state index in [2.05, 4.69) is 32.9 Å². The van der Waals surface area contributed by atoms with Crippen LogP contribution in [0.2, 0.25) is 0 Å². The molecule has 1 aliphatic heterocycles. The maximum atomic E-state index is 13.3. The zero-order valence-corrected chi connectivity index (χ0v) is 16.1. The normalized spacial score (nSPS) is 14.2. The van der Waals surface area contributed by atoms with Crippen LogP contribution in [0, 0.1) is 6.92 Å². The van der Waals surface area contributed by atoms with Gasteiger partial charge in [0.1, 0.15) is 5.56 Å². The number of hydrogen-bond donors (Lipinski definition) is 0. The second-order valence-electron chi connectivity index (χ2n) is 6.56. The molecule has 0 radical (unpaired) electrons. The quantitative estimate of drug-likeness (QED) is 0.744. The van der Waals surface area contributed by atoms with E-state index in [1.165, 1.54) is 16.7 Å².